The van der Waals surface area contributed by atoms with Crippen LogP contribution in [0.2, 0.25) is 10.0 Å². The van der Waals surface area contributed by atoms with Crippen molar-refractivity contribution in [2.75, 3.05) is 17.2 Å². The lowest BCUT2D eigenvalue weighted by atomic mass is 10.0. The lowest BCUT2D eigenvalue weighted by Gasteiger charge is -2.14. The number of thiophene rings is 1. The number of nitrogens with one attached hydrogen (secondary N) is 3. The number of hydrogen-bond donors (Lipinski definition) is 3. The maximum Gasteiger partial charge on any atom is 0.341 e. The highest BCUT2D eigenvalue weighted by atomic mass is 35.5. The Balaban J connectivity index is 1.31. The summed E-state index contributed by atoms with van der Waals surface area (Å²) in [5.41, 5.74) is 4.16. The second kappa shape index (κ2) is 17.4. The molecule has 5 aromatic rings. The third-order valence-electron chi connectivity index (χ3n) is 7.44. The molecule has 0 saturated carbocycles. The number of benzene rings is 4. The minimum atomic E-state index is -0.591. The van der Waals surface area contributed by atoms with E-state index in [1.807, 2.05) is 42.6 Å². The Hall–Kier alpha value is -4.87. The first-order valence-electron chi connectivity index (χ1n) is 15.8. The van der Waals surface area contributed by atoms with Gasteiger partial charge < -0.3 is 20.7 Å². The van der Waals surface area contributed by atoms with Crippen molar-refractivity contribution in [3.05, 3.63) is 140 Å². The van der Waals surface area contributed by atoms with Gasteiger partial charge in [0.2, 0.25) is 5.91 Å². The molecule has 260 valence electrons. The van der Waals surface area contributed by atoms with E-state index >= 15 is 0 Å². The van der Waals surface area contributed by atoms with Gasteiger partial charge in [0.05, 0.1) is 11.9 Å². The highest BCUT2D eigenvalue weighted by Gasteiger charge is 2.25. The number of esters is 1. The van der Waals surface area contributed by atoms with Crippen molar-refractivity contribution in [2.45, 2.75) is 30.9 Å². The van der Waals surface area contributed by atoms with Crippen LogP contribution < -0.4 is 16.0 Å². The van der Waals surface area contributed by atoms with E-state index in [4.69, 9.17) is 27.9 Å². The normalized spacial score (nSPS) is 11.7. The Bertz CT molecular complexity index is 2100. The number of thioether (sulfide) groups is 1. The summed E-state index contributed by atoms with van der Waals surface area (Å²) >= 11 is 15.0. The predicted molar refractivity (Wildman–Crippen MR) is 208 cm³/mol. The Morgan fingerprint density at radius 1 is 0.902 bits per heavy atom. The van der Waals surface area contributed by atoms with Gasteiger partial charge in [0, 0.05) is 37.1 Å². The van der Waals surface area contributed by atoms with E-state index in [-0.39, 0.29) is 18.2 Å². The van der Waals surface area contributed by atoms with Gasteiger partial charge in [0.15, 0.2) is 0 Å². The van der Waals surface area contributed by atoms with Crippen LogP contribution in [-0.4, -0.2) is 35.5 Å². The fourth-order valence-corrected chi connectivity index (χ4v) is 7.18. The fourth-order valence-electron chi connectivity index (χ4n) is 4.83. The molecular formula is C39H33Cl2N3O5S2. The highest BCUT2D eigenvalue weighted by molar-refractivity contribution is 8.00. The number of aryl methyl sites for hydroxylation is 1. The van der Waals surface area contributed by atoms with Gasteiger partial charge >= 0.3 is 5.97 Å². The van der Waals surface area contributed by atoms with Crippen LogP contribution in [0.15, 0.2) is 113 Å². The van der Waals surface area contributed by atoms with Crippen LogP contribution in [0.3, 0.4) is 0 Å². The van der Waals surface area contributed by atoms with E-state index in [2.05, 4.69) is 16.0 Å². The molecule has 4 aromatic carbocycles. The van der Waals surface area contributed by atoms with Crippen LogP contribution in [0, 0.1) is 6.92 Å². The first-order valence-corrected chi connectivity index (χ1v) is 18.3. The molecule has 3 N–H and O–H groups in total. The van der Waals surface area contributed by atoms with E-state index < -0.39 is 23.0 Å². The van der Waals surface area contributed by atoms with Crippen molar-refractivity contribution in [1.29, 1.82) is 0 Å². The minimum Gasteiger partial charge on any atom is -0.462 e. The van der Waals surface area contributed by atoms with E-state index in [9.17, 15) is 19.2 Å². The Kier molecular flexibility index (Phi) is 12.7. The van der Waals surface area contributed by atoms with E-state index in [1.54, 1.807) is 80.6 Å². The quantitative estimate of drug-likeness (QED) is 0.0664. The SMILES string of the molecule is CCOC(=O)c1c(-c2ccc(C)cc2)csc1NC(=O)C(C)Sc1cccc(NC(=O)/C(=C\c2ccc(Cl)cc2Cl)NC(=O)c2ccccc2)c1. The van der Waals surface area contributed by atoms with Gasteiger partial charge in [-0.2, -0.15) is 0 Å². The maximum absolute atomic E-state index is 13.6. The number of anilines is 2. The molecule has 1 heterocycles. The van der Waals surface area contributed by atoms with Gasteiger partial charge in [-0.05, 0) is 80.4 Å². The van der Waals surface area contributed by atoms with Gasteiger partial charge in [-0.15, -0.1) is 23.1 Å². The predicted octanol–water partition coefficient (Wildman–Crippen LogP) is 9.74. The average Bonchev–Trinajstić information content (AvgIpc) is 3.53. The molecule has 0 bridgehead atoms. The fraction of sp³-hybridized carbons (Fsp3) is 0.128. The van der Waals surface area contributed by atoms with Crippen molar-refractivity contribution in [1.82, 2.24) is 5.32 Å². The average molecular weight is 759 g/mol. The highest BCUT2D eigenvalue weighted by Crippen LogP contribution is 2.37. The number of amides is 3. The van der Waals surface area contributed by atoms with Crippen molar-refractivity contribution in [3.8, 4) is 11.1 Å². The summed E-state index contributed by atoms with van der Waals surface area (Å²) in [6.45, 7) is 5.66. The summed E-state index contributed by atoms with van der Waals surface area (Å²) in [5.74, 6) is -1.90. The molecule has 0 aliphatic carbocycles. The molecule has 0 saturated heterocycles. The first-order chi connectivity index (χ1) is 24.5. The van der Waals surface area contributed by atoms with Gasteiger partial charge in [-0.1, -0.05) is 83.4 Å². The standard InChI is InChI=1S/C39H33Cl2N3O5S2/c1-4-49-39(48)34-31(25-15-13-23(2)14-16-25)22-50-38(34)44-35(45)24(3)51-30-12-8-11-29(21-30)42-37(47)33(19-27-17-18-28(40)20-32(27)41)43-36(46)26-9-6-5-7-10-26/h5-22,24H,4H2,1-3H3,(H,42,47)(H,43,46)(H,44,45)/b33-19+. The van der Waals surface area contributed by atoms with E-state index in [1.165, 1.54) is 29.2 Å². The molecule has 0 aliphatic rings. The van der Waals surface area contributed by atoms with E-state index in [0.717, 1.165) is 11.1 Å². The molecule has 5 rings (SSSR count). The Labute approximate surface area is 314 Å². The lowest BCUT2D eigenvalue weighted by Crippen LogP contribution is -2.30. The molecule has 0 spiro atoms. The Morgan fingerprint density at radius 2 is 1.65 bits per heavy atom. The molecule has 12 heteroatoms. The zero-order chi connectivity index (χ0) is 36.5. The lowest BCUT2D eigenvalue weighted by molar-refractivity contribution is -0.115. The van der Waals surface area contributed by atoms with E-state index in [0.29, 0.717) is 47.9 Å². The second-order valence-corrected chi connectivity index (χ2v) is 14.4. The monoisotopic (exact) mass is 757 g/mol. The Morgan fingerprint density at radius 3 is 2.35 bits per heavy atom. The summed E-state index contributed by atoms with van der Waals surface area (Å²) in [6.07, 6.45) is 1.47. The number of rotatable bonds is 12. The van der Waals surface area contributed by atoms with Crippen molar-refractivity contribution in [2.24, 2.45) is 0 Å². The molecule has 51 heavy (non-hydrogen) atoms. The topological polar surface area (TPSA) is 114 Å². The maximum atomic E-state index is 13.6. The molecule has 1 aromatic heterocycles. The summed E-state index contributed by atoms with van der Waals surface area (Å²) in [7, 11) is 0. The molecule has 0 aliphatic heterocycles. The number of halogens is 2. The summed E-state index contributed by atoms with van der Waals surface area (Å²) < 4.78 is 5.34. The molecule has 0 radical (unpaired) electrons. The largest absolute Gasteiger partial charge is 0.462 e. The molecule has 1 atom stereocenters. The minimum absolute atomic E-state index is 0.0442. The number of hydrogen-bond acceptors (Lipinski definition) is 7. The molecule has 8 nitrogen and oxygen atoms in total. The molecular weight excluding hydrogens is 725 g/mol. The van der Waals surface area contributed by atoms with Gasteiger partial charge in [0.1, 0.15) is 16.3 Å². The van der Waals surface area contributed by atoms with Crippen molar-refractivity contribution in [3.63, 3.8) is 0 Å². The van der Waals surface area contributed by atoms with Crippen molar-refractivity contribution < 1.29 is 23.9 Å². The van der Waals surface area contributed by atoms with Crippen LogP contribution in [-0.2, 0) is 14.3 Å². The molecule has 1 unspecified atom stereocenters. The van der Waals surface area contributed by atoms with Crippen LogP contribution in [0.1, 0.15) is 45.7 Å². The van der Waals surface area contributed by atoms with Crippen LogP contribution in [0.4, 0.5) is 10.7 Å². The number of carbonyl (C=O) groups excluding carboxylic acids is 4. The summed E-state index contributed by atoms with van der Waals surface area (Å²) in [5, 5.41) is 10.8. The molecule has 0 fully saturated rings. The van der Waals surface area contributed by atoms with Gasteiger partial charge in [-0.25, -0.2) is 4.79 Å². The number of carbonyl (C=O) groups is 4. The van der Waals surface area contributed by atoms with Crippen LogP contribution >= 0.6 is 46.3 Å². The summed E-state index contributed by atoms with van der Waals surface area (Å²) in [4.78, 5) is 53.8. The summed E-state index contributed by atoms with van der Waals surface area (Å²) in [6, 6.07) is 28.1. The third kappa shape index (κ3) is 9.89. The zero-order valence-corrected chi connectivity index (χ0v) is 30.9. The van der Waals surface area contributed by atoms with Gasteiger partial charge in [0.25, 0.3) is 11.8 Å². The smallest absolute Gasteiger partial charge is 0.341 e. The number of ether oxygens (including phenoxy) is 1. The van der Waals surface area contributed by atoms with Crippen molar-refractivity contribution >= 4 is 86.8 Å². The van der Waals surface area contributed by atoms with Gasteiger partial charge in [-0.3, -0.25) is 14.4 Å². The second-order valence-electron chi connectivity index (χ2n) is 11.2. The molecule has 3 amide bonds. The van der Waals surface area contributed by atoms with Crippen LogP contribution in [0.25, 0.3) is 17.2 Å². The third-order valence-corrected chi connectivity index (χ3v) is 9.99. The first kappa shape index (κ1) is 37.4. The zero-order valence-electron chi connectivity index (χ0n) is 27.8. The van der Waals surface area contributed by atoms with Crippen LogP contribution in [0.5, 0.6) is 0 Å².